The van der Waals surface area contributed by atoms with Crippen molar-refractivity contribution in [2.75, 3.05) is 10.0 Å². The Morgan fingerprint density at radius 1 is 1.14 bits per heavy atom. The fourth-order valence-electron chi connectivity index (χ4n) is 2.83. The molecule has 148 valence electrons. The van der Waals surface area contributed by atoms with Gasteiger partial charge in [0.2, 0.25) is 5.91 Å². The number of nitrogens with zero attached hydrogens (tertiary/aromatic N) is 2. The molecule has 0 aliphatic carbocycles. The number of benzene rings is 2. The maximum absolute atomic E-state index is 13.3. The molecule has 4 rings (SSSR count). The highest BCUT2D eigenvalue weighted by atomic mass is 32.2. The first-order chi connectivity index (χ1) is 13.9. The van der Waals surface area contributed by atoms with Gasteiger partial charge in [0.25, 0.3) is 10.0 Å². The van der Waals surface area contributed by atoms with Crippen LogP contribution in [0, 0.1) is 5.82 Å². The second-order valence-corrected chi connectivity index (χ2v) is 8.74. The summed E-state index contributed by atoms with van der Waals surface area (Å²) in [4.78, 5) is 16.3. The molecule has 0 aliphatic heterocycles. The SMILES string of the molecule is O=C(Cn1ccc2cc(F)ccc21)Nc1ccc(S(=O)(=O)Nc2nccs2)cc1. The van der Waals surface area contributed by atoms with E-state index in [0.717, 1.165) is 5.52 Å². The average Bonchev–Trinajstić information content (AvgIpc) is 3.31. The fraction of sp³-hybridized carbons (Fsp3) is 0.0526. The molecule has 0 aliphatic rings. The van der Waals surface area contributed by atoms with Crippen LogP contribution >= 0.6 is 11.3 Å². The van der Waals surface area contributed by atoms with Gasteiger partial charge in [0.1, 0.15) is 12.4 Å². The largest absolute Gasteiger partial charge is 0.338 e. The predicted molar refractivity (Wildman–Crippen MR) is 110 cm³/mol. The number of fused-ring (bicyclic) bond motifs is 1. The van der Waals surface area contributed by atoms with Crippen LogP contribution < -0.4 is 10.0 Å². The van der Waals surface area contributed by atoms with Crippen molar-refractivity contribution in [1.82, 2.24) is 9.55 Å². The molecule has 2 heterocycles. The molecule has 29 heavy (non-hydrogen) atoms. The van der Waals surface area contributed by atoms with Gasteiger partial charge in [-0.2, -0.15) is 0 Å². The number of rotatable bonds is 6. The Kier molecular flexibility index (Phi) is 5.03. The predicted octanol–water partition coefficient (Wildman–Crippen LogP) is 3.68. The molecule has 2 N–H and O–H groups in total. The average molecular weight is 430 g/mol. The molecule has 0 spiro atoms. The summed E-state index contributed by atoms with van der Waals surface area (Å²) >= 11 is 1.18. The van der Waals surface area contributed by atoms with E-state index in [1.807, 2.05) is 0 Å². The lowest BCUT2D eigenvalue weighted by molar-refractivity contribution is -0.116. The van der Waals surface area contributed by atoms with Crippen LogP contribution in [0.5, 0.6) is 0 Å². The van der Waals surface area contributed by atoms with Gasteiger partial charge >= 0.3 is 0 Å². The standard InChI is InChI=1S/C19H15FN4O3S2/c20-14-1-6-17-13(11-14)7-9-24(17)12-18(25)22-15-2-4-16(5-3-15)29(26,27)23-19-21-8-10-28-19/h1-11H,12H2,(H,21,23)(H,22,25). The van der Waals surface area contributed by atoms with Crippen molar-refractivity contribution in [3.05, 3.63) is 72.1 Å². The number of hydrogen-bond donors (Lipinski definition) is 2. The Balaban J connectivity index is 1.43. The second kappa shape index (κ2) is 7.64. The summed E-state index contributed by atoms with van der Waals surface area (Å²) in [7, 11) is -3.75. The summed E-state index contributed by atoms with van der Waals surface area (Å²) in [6.07, 6.45) is 3.22. The highest BCUT2D eigenvalue weighted by Gasteiger charge is 2.15. The van der Waals surface area contributed by atoms with Crippen molar-refractivity contribution in [2.24, 2.45) is 0 Å². The van der Waals surface area contributed by atoms with E-state index in [1.54, 1.807) is 28.3 Å². The molecule has 0 radical (unpaired) electrons. The lowest BCUT2D eigenvalue weighted by Crippen LogP contribution is -2.18. The fourth-order valence-corrected chi connectivity index (χ4v) is 4.62. The zero-order valence-electron chi connectivity index (χ0n) is 14.9. The highest BCUT2D eigenvalue weighted by molar-refractivity contribution is 7.93. The normalized spacial score (nSPS) is 11.5. The monoisotopic (exact) mass is 430 g/mol. The lowest BCUT2D eigenvalue weighted by atomic mass is 10.2. The van der Waals surface area contributed by atoms with Gasteiger partial charge in [-0.1, -0.05) is 0 Å². The van der Waals surface area contributed by atoms with Crippen molar-refractivity contribution >= 4 is 49.0 Å². The van der Waals surface area contributed by atoms with Crippen LogP contribution in [0.15, 0.2) is 71.2 Å². The number of hydrogen-bond acceptors (Lipinski definition) is 5. The summed E-state index contributed by atoms with van der Waals surface area (Å²) in [5.74, 6) is -0.623. The Hall–Kier alpha value is -3.24. The van der Waals surface area contributed by atoms with Crippen LogP contribution in [-0.4, -0.2) is 23.9 Å². The lowest BCUT2D eigenvalue weighted by Gasteiger charge is -2.09. The van der Waals surface area contributed by atoms with Crippen LogP contribution in [0.1, 0.15) is 0 Å². The number of aromatic nitrogens is 2. The van der Waals surface area contributed by atoms with E-state index in [1.165, 1.54) is 53.9 Å². The Morgan fingerprint density at radius 2 is 1.93 bits per heavy atom. The van der Waals surface area contributed by atoms with Crippen LogP contribution in [0.25, 0.3) is 10.9 Å². The first kappa shape index (κ1) is 19.1. The van der Waals surface area contributed by atoms with Crippen molar-refractivity contribution in [3.8, 4) is 0 Å². The third kappa shape index (κ3) is 4.28. The van der Waals surface area contributed by atoms with Crippen LogP contribution in [0.2, 0.25) is 0 Å². The van der Waals surface area contributed by atoms with E-state index in [0.29, 0.717) is 11.1 Å². The zero-order valence-corrected chi connectivity index (χ0v) is 16.5. The number of anilines is 2. The Morgan fingerprint density at radius 3 is 2.66 bits per heavy atom. The first-order valence-corrected chi connectivity index (χ1v) is 10.8. The van der Waals surface area contributed by atoms with Gasteiger partial charge < -0.3 is 9.88 Å². The molecule has 0 saturated heterocycles. The maximum atomic E-state index is 13.3. The van der Waals surface area contributed by atoms with Crippen molar-refractivity contribution in [3.63, 3.8) is 0 Å². The molecule has 1 amide bonds. The molecule has 2 aromatic heterocycles. The van der Waals surface area contributed by atoms with E-state index in [-0.39, 0.29) is 28.3 Å². The number of thiazole rings is 1. The van der Waals surface area contributed by atoms with Gasteiger partial charge in [0, 0.05) is 34.4 Å². The number of amides is 1. The van der Waals surface area contributed by atoms with Gasteiger partial charge in [0.05, 0.1) is 4.90 Å². The number of carbonyl (C=O) groups is 1. The van der Waals surface area contributed by atoms with E-state index < -0.39 is 10.0 Å². The maximum Gasteiger partial charge on any atom is 0.263 e. The first-order valence-electron chi connectivity index (χ1n) is 8.47. The van der Waals surface area contributed by atoms with Gasteiger partial charge in [-0.15, -0.1) is 11.3 Å². The quantitative estimate of drug-likeness (QED) is 0.488. The van der Waals surface area contributed by atoms with E-state index >= 15 is 0 Å². The molecule has 0 bridgehead atoms. The summed E-state index contributed by atoms with van der Waals surface area (Å²) in [5.41, 5.74) is 1.21. The van der Waals surface area contributed by atoms with E-state index in [2.05, 4.69) is 15.0 Å². The van der Waals surface area contributed by atoms with E-state index in [4.69, 9.17) is 0 Å². The molecular weight excluding hydrogens is 415 g/mol. The third-order valence-electron chi connectivity index (χ3n) is 4.15. The molecule has 2 aromatic carbocycles. The summed E-state index contributed by atoms with van der Waals surface area (Å²) in [6.45, 7) is 0.0424. The molecule has 0 saturated carbocycles. The highest BCUT2D eigenvalue weighted by Crippen LogP contribution is 2.20. The minimum Gasteiger partial charge on any atom is -0.338 e. The van der Waals surface area contributed by atoms with Crippen LogP contribution in [-0.2, 0) is 21.4 Å². The van der Waals surface area contributed by atoms with Gasteiger partial charge in [0.15, 0.2) is 5.13 Å². The van der Waals surface area contributed by atoms with Crippen molar-refractivity contribution in [1.29, 1.82) is 0 Å². The number of carbonyl (C=O) groups excluding carboxylic acids is 1. The smallest absolute Gasteiger partial charge is 0.263 e. The van der Waals surface area contributed by atoms with Crippen LogP contribution in [0.3, 0.4) is 0 Å². The molecule has 4 aromatic rings. The number of sulfonamides is 1. The summed E-state index contributed by atoms with van der Waals surface area (Å²) < 4.78 is 42.0. The van der Waals surface area contributed by atoms with E-state index in [9.17, 15) is 17.6 Å². The number of nitrogens with one attached hydrogen (secondary N) is 2. The molecule has 0 fully saturated rings. The molecule has 0 unspecified atom stereocenters. The Labute approximate surface area is 169 Å². The topological polar surface area (TPSA) is 93.1 Å². The Bertz CT molecular complexity index is 1270. The molecule has 10 heteroatoms. The number of halogens is 1. The minimum atomic E-state index is -3.75. The van der Waals surface area contributed by atoms with Crippen molar-refractivity contribution in [2.45, 2.75) is 11.4 Å². The van der Waals surface area contributed by atoms with Gasteiger partial charge in [-0.05, 0) is 48.5 Å². The third-order valence-corrected chi connectivity index (χ3v) is 6.32. The summed E-state index contributed by atoms with van der Waals surface area (Å²) in [6, 6.07) is 11.9. The summed E-state index contributed by atoms with van der Waals surface area (Å²) in [5, 5.41) is 5.38. The molecule has 0 atom stereocenters. The molecular formula is C19H15FN4O3S2. The van der Waals surface area contributed by atoms with Crippen LogP contribution in [0.4, 0.5) is 15.2 Å². The minimum absolute atomic E-state index is 0.0424. The van der Waals surface area contributed by atoms with Crippen molar-refractivity contribution < 1.29 is 17.6 Å². The second-order valence-electron chi connectivity index (χ2n) is 6.16. The molecule has 7 nitrogen and oxygen atoms in total. The zero-order chi connectivity index (χ0) is 20.4. The van der Waals surface area contributed by atoms with Gasteiger partial charge in [-0.25, -0.2) is 17.8 Å². The van der Waals surface area contributed by atoms with Gasteiger partial charge in [-0.3, -0.25) is 9.52 Å².